The Morgan fingerprint density at radius 1 is 1.36 bits per heavy atom. The first kappa shape index (κ1) is 14.8. The molecule has 2 heterocycles. The zero-order valence-corrected chi connectivity index (χ0v) is 14.0. The van der Waals surface area contributed by atoms with E-state index in [2.05, 4.69) is 52.6 Å². The van der Waals surface area contributed by atoms with Gasteiger partial charge in [-0.25, -0.2) is 9.97 Å². The van der Waals surface area contributed by atoms with Crippen molar-refractivity contribution in [3.05, 3.63) is 36.4 Å². The van der Waals surface area contributed by atoms with Crippen LogP contribution in [0.25, 0.3) is 10.2 Å². The van der Waals surface area contributed by atoms with E-state index in [9.17, 15) is 0 Å². The number of fused-ring (bicyclic) bond motifs is 1. The van der Waals surface area contributed by atoms with Gasteiger partial charge in [-0.15, -0.1) is 0 Å². The Kier molecular flexibility index (Phi) is 4.02. The average molecular weight is 315 g/mol. The fourth-order valence-electron chi connectivity index (χ4n) is 2.94. The van der Waals surface area contributed by atoms with Crippen LogP contribution in [-0.4, -0.2) is 28.6 Å². The maximum absolute atomic E-state index is 5.91. The number of hydrogen-bond acceptors (Lipinski definition) is 5. The number of anilines is 2. The van der Waals surface area contributed by atoms with Gasteiger partial charge in [-0.2, -0.15) is 0 Å². The van der Waals surface area contributed by atoms with Gasteiger partial charge in [0.15, 0.2) is 5.13 Å². The molecule has 3 rings (SSSR count). The van der Waals surface area contributed by atoms with E-state index in [0.29, 0.717) is 5.13 Å². The van der Waals surface area contributed by atoms with Gasteiger partial charge in [0.25, 0.3) is 0 Å². The fourth-order valence-corrected chi connectivity index (χ4v) is 3.68. The maximum Gasteiger partial charge on any atom is 0.181 e. The standard InChI is InChI=1S/C16H21N5S/c1-4-5-12(21-9-8-18-10-21)11-6-7-13-14(15(11)20(2)3)19-16(17)22-13/h6-10,12H,4-5H2,1-3H3,(H2,17,19). The molecular weight excluding hydrogens is 294 g/mol. The summed E-state index contributed by atoms with van der Waals surface area (Å²) in [6.07, 6.45) is 7.91. The lowest BCUT2D eigenvalue weighted by atomic mass is 9.99. The van der Waals surface area contributed by atoms with Crippen molar-refractivity contribution in [3.8, 4) is 0 Å². The van der Waals surface area contributed by atoms with Gasteiger partial charge in [-0.3, -0.25) is 0 Å². The Hall–Kier alpha value is -2.08. The Labute approximate surface area is 134 Å². The highest BCUT2D eigenvalue weighted by molar-refractivity contribution is 7.22. The van der Waals surface area contributed by atoms with Gasteiger partial charge in [0, 0.05) is 32.1 Å². The van der Waals surface area contributed by atoms with Gasteiger partial charge in [-0.1, -0.05) is 30.7 Å². The van der Waals surface area contributed by atoms with E-state index < -0.39 is 0 Å². The minimum Gasteiger partial charge on any atom is -0.376 e. The van der Waals surface area contributed by atoms with Gasteiger partial charge >= 0.3 is 0 Å². The molecule has 0 amide bonds. The molecule has 3 aromatic rings. The van der Waals surface area contributed by atoms with Crippen LogP contribution >= 0.6 is 11.3 Å². The van der Waals surface area contributed by atoms with Crippen molar-refractivity contribution in [1.82, 2.24) is 14.5 Å². The zero-order chi connectivity index (χ0) is 15.7. The second-order valence-corrected chi connectivity index (χ2v) is 6.67. The van der Waals surface area contributed by atoms with Gasteiger partial charge in [-0.05, 0) is 12.5 Å². The van der Waals surface area contributed by atoms with E-state index in [1.165, 1.54) is 16.9 Å². The number of nitrogens with zero attached hydrogens (tertiary/aromatic N) is 4. The lowest BCUT2D eigenvalue weighted by Crippen LogP contribution is -2.17. The number of nitrogens with two attached hydrogens (primary N) is 1. The van der Waals surface area contributed by atoms with Crippen LogP contribution in [0, 0.1) is 0 Å². The number of nitrogen functional groups attached to an aromatic ring is 1. The number of hydrogen-bond donors (Lipinski definition) is 1. The Balaban J connectivity index is 2.21. The number of thiazole rings is 1. The predicted molar refractivity (Wildman–Crippen MR) is 93.6 cm³/mol. The quantitative estimate of drug-likeness (QED) is 0.782. The van der Waals surface area contributed by atoms with Gasteiger partial charge < -0.3 is 15.2 Å². The molecule has 0 saturated heterocycles. The highest BCUT2D eigenvalue weighted by Crippen LogP contribution is 2.38. The van der Waals surface area contributed by atoms with Crippen molar-refractivity contribution in [2.24, 2.45) is 0 Å². The third-order valence-corrected chi connectivity index (χ3v) is 4.68. The molecule has 0 spiro atoms. The molecule has 6 heteroatoms. The maximum atomic E-state index is 5.91. The Morgan fingerprint density at radius 2 is 2.18 bits per heavy atom. The first-order valence-corrected chi connectivity index (χ1v) is 8.27. The van der Waals surface area contributed by atoms with Crippen molar-refractivity contribution in [2.45, 2.75) is 25.8 Å². The van der Waals surface area contributed by atoms with Crippen molar-refractivity contribution >= 4 is 32.4 Å². The van der Waals surface area contributed by atoms with Crippen LogP contribution in [0.1, 0.15) is 31.4 Å². The molecule has 5 nitrogen and oxygen atoms in total. The van der Waals surface area contributed by atoms with Crippen LogP contribution in [0.3, 0.4) is 0 Å². The molecule has 2 N–H and O–H groups in total. The molecule has 0 saturated carbocycles. The summed E-state index contributed by atoms with van der Waals surface area (Å²) >= 11 is 1.54. The molecule has 1 atom stereocenters. The van der Waals surface area contributed by atoms with Crippen molar-refractivity contribution in [3.63, 3.8) is 0 Å². The molecule has 22 heavy (non-hydrogen) atoms. The monoisotopic (exact) mass is 315 g/mol. The van der Waals surface area contributed by atoms with Crippen LogP contribution in [0.5, 0.6) is 0 Å². The molecule has 1 unspecified atom stereocenters. The molecule has 0 aliphatic heterocycles. The topological polar surface area (TPSA) is 60.0 Å². The van der Waals surface area contributed by atoms with Crippen LogP contribution in [0.2, 0.25) is 0 Å². The van der Waals surface area contributed by atoms with Gasteiger partial charge in [0.05, 0.1) is 22.8 Å². The largest absolute Gasteiger partial charge is 0.376 e. The summed E-state index contributed by atoms with van der Waals surface area (Å²) < 4.78 is 3.30. The van der Waals surface area contributed by atoms with Gasteiger partial charge in [0.2, 0.25) is 0 Å². The first-order valence-electron chi connectivity index (χ1n) is 7.45. The fraction of sp³-hybridized carbons (Fsp3) is 0.375. The summed E-state index contributed by atoms with van der Waals surface area (Å²) in [5.41, 5.74) is 9.32. The van der Waals surface area contributed by atoms with E-state index >= 15 is 0 Å². The second kappa shape index (κ2) is 5.96. The van der Waals surface area contributed by atoms with E-state index in [4.69, 9.17) is 5.73 Å². The number of aromatic nitrogens is 3. The summed E-state index contributed by atoms with van der Waals surface area (Å²) in [6, 6.07) is 4.60. The van der Waals surface area contributed by atoms with Crippen LogP contribution in [0.15, 0.2) is 30.9 Å². The van der Waals surface area contributed by atoms with E-state index in [1.54, 1.807) is 0 Å². The average Bonchev–Trinajstić information content (AvgIpc) is 3.11. The molecule has 0 aliphatic rings. The number of benzene rings is 1. The van der Waals surface area contributed by atoms with Crippen molar-refractivity contribution < 1.29 is 0 Å². The lowest BCUT2D eigenvalue weighted by Gasteiger charge is -2.25. The highest BCUT2D eigenvalue weighted by Gasteiger charge is 2.21. The second-order valence-electron chi connectivity index (χ2n) is 5.61. The molecule has 0 radical (unpaired) electrons. The summed E-state index contributed by atoms with van der Waals surface area (Å²) in [6.45, 7) is 2.21. The zero-order valence-electron chi connectivity index (χ0n) is 13.2. The van der Waals surface area contributed by atoms with Crippen LogP contribution in [-0.2, 0) is 0 Å². The summed E-state index contributed by atoms with van der Waals surface area (Å²) in [5.74, 6) is 0. The Morgan fingerprint density at radius 3 is 2.82 bits per heavy atom. The molecule has 1 aromatic carbocycles. The molecule has 0 bridgehead atoms. The minimum absolute atomic E-state index is 0.261. The number of imidazole rings is 1. The van der Waals surface area contributed by atoms with Crippen molar-refractivity contribution in [1.29, 1.82) is 0 Å². The highest BCUT2D eigenvalue weighted by atomic mass is 32.1. The SMILES string of the molecule is CCCC(c1ccc2sc(N)nc2c1N(C)C)n1ccnc1. The lowest BCUT2D eigenvalue weighted by molar-refractivity contribution is 0.533. The molecule has 2 aromatic heterocycles. The minimum atomic E-state index is 0.261. The van der Waals surface area contributed by atoms with Crippen molar-refractivity contribution in [2.75, 3.05) is 24.7 Å². The molecule has 0 fully saturated rings. The smallest absolute Gasteiger partial charge is 0.181 e. The third-order valence-electron chi connectivity index (χ3n) is 3.84. The van der Waals surface area contributed by atoms with Crippen LogP contribution < -0.4 is 10.6 Å². The summed E-state index contributed by atoms with van der Waals surface area (Å²) in [4.78, 5) is 10.9. The molecule has 0 aliphatic carbocycles. The first-order chi connectivity index (χ1) is 10.6. The molecular formula is C16H21N5S. The Bertz CT molecular complexity index is 760. The summed E-state index contributed by atoms with van der Waals surface area (Å²) in [5, 5.41) is 0.616. The van der Waals surface area contributed by atoms with E-state index in [0.717, 1.165) is 28.7 Å². The normalized spacial score (nSPS) is 12.7. The predicted octanol–water partition coefficient (Wildman–Crippen LogP) is 3.53. The summed E-state index contributed by atoms with van der Waals surface area (Å²) in [7, 11) is 4.12. The van der Waals surface area contributed by atoms with E-state index in [1.807, 2.05) is 18.7 Å². The van der Waals surface area contributed by atoms with Gasteiger partial charge in [0.1, 0.15) is 5.52 Å². The van der Waals surface area contributed by atoms with Crippen LogP contribution in [0.4, 0.5) is 10.8 Å². The number of rotatable bonds is 5. The van der Waals surface area contributed by atoms with E-state index in [-0.39, 0.29) is 6.04 Å². The molecule has 116 valence electrons. The third kappa shape index (κ3) is 2.54.